The van der Waals surface area contributed by atoms with Gasteiger partial charge < -0.3 is 4.90 Å². The van der Waals surface area contributed by atoms with E-state index in [0.29, 0.717) is 0 Å². The molecule has 76 valence electrons. The first-order valence-electron chi connectivity index (χ1n) is 5.06. The molecule has 0 N–H and O–H groups in total. The Labute approximate surface area is 93.5 Å². The molecule has 1 fully saturated rings. The summed E-state index contributed by atoms with van der Waals surface area (Å²) in [5.41, 5.74) is 1.29. The number of hydrogen-bond acceptors (Lipinski definition) is 2. The van der Waals surface area contributed by atoms with Gasteiger partial charge in [-0.3, -0.25) is 0 Å². The minimum Gasteiger partial charge on any atom is -0.356 e. The predicted octanol–water partition coefficient (Wildman–Crippen LogP) is 2.82. The van der Waals surface area contributed by atoms with E-state index in [9.17, 15) is 0 Å². The molecule has 1 aliphatic heterocycles. The molecular weight excluding hydrogens is 240 g/mol. The van der Waals surface area contributed by atoms with Gasteiger partial charge in [0.1, 0.15) is 5.82 Å². The lowest BCUT2D eigenvalue weighted by Crippen LogP contribution is -2.21. The third kappa shape index (κ3) is 1.92. The molecule has 3 heteroatoms. The maximum Gasteiger partial charge on any atom is 0.132 e. The van der Waals surface area contributed by atoms with Crippen molar-refractivity contribution < 1.29 is 0 Å². The zero-order valence-corrected chi connectivity index (χ0v) is 10.00. The third-order valence-corrected chi connectivity index (χ3v) is 3.34. The summed E-state index contributed by atoms with van der Waals surface area (Å²) in [5, 5.41) is 0.890. The summed E-state index contributed by atoms with van der Waals surface area (Å²) in [6.45, 7) is 4.60. The largest absolute Gasteiger partial charge is 0.356 e. The molecule has 0 spiro atoms. The van der Waals surface area contributed by atoms with Gasteiger partial charge in [0.25, 0.3) is 0 Å². The van der Waals surface area contributed by atoms with Gasteiger partial charge in [-0.1, -0.05) is 28.9 Å². The van der Waals surface area contributed by atoms with E-state index in [4.69, 9.17) is 0 Å². The number of halogens is 1. The molecule has 14 heavy (non-hydrogen) atoms. The van der Waals surface area contributed by atoms with Crippen LogP contribution in [0.15, 0.2) is 18.3 Å². The maximum absolute atomic E-state index is 4.46. The van der Waals surface area contributed by atoms with Crippen LogP contribution in [0.5, 0.6) is 0 Å². The number of hydrogen-bond donors (Lipinski definition) is 0. The van der Waals surface area contributed by atoms with Crippen molar-refractivity contribution in [3.63, 3.8) is 0 Å². The first kappa shape index (κ1) is 9.97. The molecule has 0 aliphatic carbocycles. The molecule has 1 unspecified atom stereocenters. The highest BCUT2D eigenvalue weighted by atomic mass is 79.9. The molecule has 0 saturated carbocycles. The van der Waals surface area contributed by atoms with Crippen LogP contribution in [0.2, 0.25) is 0 Å². The summed E-state index contributed by atoms with van der Waals surface area (Å²) >= 11 is 3.50. The fourth-order valence-corrected chi connectivity index (χ4v) is 2.38. The highest BCUT2D eigenvalue weighted by Gasteiger charge is 2.21. The van der Waals surface area contributed by atoms with Crippen molar-refractivity contribution in [2.75, 3.05) is 18.0 Å². The predicted molar refractivity (Wildman–Crippen MR) is 62.9 cm³/mol. The monoisotopic (exact) mass is 254 g/mol. The topological polar surface area (TPSA) is 16.1 Å². The van der Waals surface area contributed by atoms with Gasteiger partial charge in [-0.15, -0.1) is 0 Å². The summed E-state index contributed by atoms with van der Waals surface area (Å²) in [5.74, 6) is 1.97. The molecule has 0 radical (unpaired) electrons. The Morgan fingerprint density at radius 2 is 2.50 bits per heavy atom. The average Bonchev–Trinajstić information content (AvgIpc) is 2.65. The van der Waals surface area contributed by atoms with E-state index in [-0.39, 0.29) is 0 Å². The van der Waals surface area contributed by atoms with Gasteiger partial charge in [0.05, 0.1) is 0 Å². The van der Waals surface area contributed by atoms with Crippen molar-refractivity contribution in [2.24, 2.45) is 5.92 Å². The molecule has 1 aromatic heterocycles. The van der Waals surface area contributed by atoms with E-state index in [0.717, 1.165) is 30.2 Å². The first-order chi connectivity index (χ1) is 6.81. The van der Waals surface area contributed by atoms with Gasteiger partial charge in [0.15, 0.2) is 0 Å². The molecule has 1 saturated heterocycles. The molecule has 2 rings (SSSR count). The second kappa shape index (κ2) is 4.30. The van der Waals surface area contributed by atoms with Gasteiger partial charge in [-0.25, -0.2) is 4.98 Å². The Morgan fingerprint density at radius 1 is 1.64 bits per heavy atom. The van der Waals surface area contributed by atoms with Crippen LogP contribution in [0.3, 0.4) is 0 Å². The quantitative estimate of drug-likeness (QED) is 0.755. The SMILES string of the molecule is CC1CCN(c2ncccc2CBr)C1. The molecule has 1 aromatic rings. The van der Waals surface area contributed by atoms with Gasteiger partial charge in [-0.05, 0) is 18.4 Å². The molecule has 0 amide bonds. The van der Waals surface area contributed by atoms with E-state index in [1.807, 2.05) is 12.3 Å². The van der Waals surface area contributed by atoms with Crippen LogP contribution < -0.4 is 4.90 Å². The number of aromatic nitrogens is 1. The number of nitrogens with zero attached hydrogens (tertiary/aromatic N) is 2. The van der Waals surface area contributed by atoms with Gasteiger partial charge in [-0.2, -0.15) is 0 Å². The third-order valence-electron chi connectivity index (χ3n) is 2.73. The van der Waals surface area contributed by atoms with Crippen LogP contribution in [0.25, 0.3) is 0 Å². The maximum atomic E-state index is 4.46. The number of pyridine rings is 1. The highest BCUT2D eigenvalue weighted by molar-refractivity contribution is 9.08. The molecule has 0 bridgehead atoms. The summed E-state index contributed by atoms with van der Waals surface area (Å²) in [6.07, 6.45) is 3.17. The van der Waals surface area contributed by atoms with Crippen molar-refractivity contribution in [1.82, 2.24) is 4.98 Å². The molecule has 2 heterocycles. The Kier molecular flexibility index (Phi) is 3.06. The normalized spacial score (nSPS) is 21.6. The summed E-state index contributed by atoms with van der Waals surface area (Å²) in [4.78, 5) is 6.85. The standard InChI is InChI=1S/C11H15BrN2/c1-9-4-6-14(8-9)11-10(7-12)3-2-5-13-11/h2-3,5,9H,4,6-8H2,1H3. The van der Waals surface area contributed by atoms with Crippen LogP contribution >= 0.6 is 15.9 Å². The fraction of sp³-hybridized carbons (Fsp3) is 0.545. The van der Waals surface area contributed by atoms with Crippen LogP contribution in [-0.4, -0.2) is 18.1 Å². The van der Waals surface area contributed by atoms with Crippen LogP contribution in [-0.2, 0) is 5.33 Å². The van der Waals surface area contributed by atoms with Crippen molar-refractivity contribution in [1.29, 1.82) is 0 Å². The van der Waals surface area contributed by atoms with Crippen molar-refractivity contribution in [3.05, 3.63) is 23.9 Å². The smallest absolute Gasteiger partial charge is 0.132 e. The lowest BCUT2D eigenvalue weighted by Gasteiger charge is -2.19. The lowest BCUT2D eigenvalue weighted by molar-refractivity contribution is 0.658. The second-order valence-electron chi connectivity index (χ2n) is 3.96. The van der Waals surface area contributed by atoms with Gasteiger partial charge in [0.2, 0.25) is 0 Å². The van der Waals surface area contributed by atoms with Gasteiger partial charge in [0, 0.05) is 30.2 Å². The van der Waals surface area contributed by atoms with E-state index in [1.54, 1.807) is 0 Å². The lowest BCUT2D eigenvalue weighted by atomic mass is 10.2. The Hall–Kier alpha value is -0.570. The number of rotatable bonds is 2. The fourth-order valence-electron chi connectivity index (χ4n) is 1.95. The van der Waals surface area contributed by atoms with Gasteiger partial charge >= 0.3 is 0 Å². The van der Waals surface area contributed by atoms with Crippen LogP contribution in [0, 0.1) is 5.92 Å². The summed E-state index contributed by atoms with van der Waals surface area (Å²) in [7, 11) is 0. The van der Waals surface area contributed by atoms with Crippen LogP contribution in [0.1, 0.15) is 18.9 Å². The number of alkyl halides is 1. The minimum atomic E-state index is 0.806. The zero-order chi connectivity index (χ0) is 9.97. The van der Waals surface area contributed by atoms with E-state index in [2.05, 4.69) is 38.8 Å². The average molecular weight is 255 g/mol. The van der Waals surface area contributed by atoms with Crippen LogP contribution in [0.4, 0.5) is 5.82 Å². The molecule has 1 aliphatic rings. The Bertz CT molecular complexity index is 314. The van der Waals surface area contributed by atoms with Crippen molar-refractivity contribution in [3.8, 4) is 0 Å². The first-order valence-corrected chi connectivity index (χ1v) is 6.18. The second-order valence-corrected chi connectivity index (χ2v) is 4.52. The van der Waals surface area contributed by atoms with E-state index >= 15 is 0 Å². The molecular formula is C11H15BrN2. The van der Waals surface area contributed by atoms with E-state index < -0.39 is 0 Å². The Balaban J connectivity index is 2.22. The number of anilines is 1. The highest BCUT2D eigenvalue weighted by Crippen LogP contribution is 2.25. The zero-order valence-electron chi connectivity index (χ0n) is 8.41. The summed E-state index contributed by atoms with van der Waals surface area (Å²) < 4.78 is 0. The van der Waals surface area contributed by atoms with Crippen molar-refractivity contribution in [2.45, 2.75) is 18.7 Å². The molecule has 1 atom stereocenters. The molecule has 0 aromatic carbocycles. The minimum absolute atomic E-state index is 0.806. The van der Waals surface area contributed by atoms with E-state index in [1.165, 1.54) is 12.0 Å². The molecule has 2 nitrogen and oxygen atoms in total. The van der Waals surface area contributed by atoms with Crippen molar-refractivity contribution >= 4 is 21.7 Å². The summed E-state index contributed by atoms with van der Waals surface area (Å²) in [6, 6.07) is 4.14. The Morgan fingerprint density at radius 3 is 3.14 bits per heavy atom.